The van der Waals surface area contributed by atoms with Gasteiger partial charge in [0, 0.05) is 12.6 Å². The molecule has 0 fully saturated rings. The molecule has 0 aliphatic rings. The van der Waals surface area contributed by atoms with E-state index in [0.717, 1.165) is 11.3 Å². The van der Waals surface area contributed by atoms with Crippen molar-refractivity contribution in [2.24, 2.45) is 7.05 Å². The molecular formula is C9H8N3. The van der Waals surface area contributed by atoms with Crippen molar-refractivity contribution in [3.05, 3.63) is 36.5 Å². The van der Waals surface area contributed by atoms with Crippen LogP contribution in [0, 0.1) is 6.20 Å². The van der Waals surface area contributed by atoms with Gasteiger partial charge in [-0.3, -0.25) is 0 Å². The van der Waals surface area contributed by atoms with E-state index in [1.54, 1.807) is 7.05 Å². The first-order valence-corrected chi connectivity index (χ1v) is 3.71. The summed E-state index contributed by atoms with van der Waals surface area (Å²) in [6.07, 6.45) is 2.82. The zero-order chi connectivity index (χ0) is 8.39. The van der Waals surface area contributed by atoms with Crippen LogP contribution in [0.15, 0.2) is 30.3 Å². The summed E-state index contributed by atoms with van der Waals surface area (Å²) in [6.45, 7) is 0. The van der Waals surface area contributed by atoms with Crippen LogP contribution in [0.3, 0.4) is 0 Å². The summed E-state index contributed by atoms with van der Waals surface area (Å²) in [4.78, 5) is 1.50. The van der Waals surface area contributed by atoms with E-state index >= 15 is 0 Å². The van der Waals surface area contributed by atoms with Gasteiger partial charge >= 0.3 is 0 Å². The molecule has 3 nitrogen and oxygen atoms in total. The standard InChI is InChI=1S/C9H8N3/c1-12-10-7-9(11-12)8-5-3-2-4-6-8/h2-6H,1H3. The van der Waals surface area contributed by atoms with Gasteiger partial charge in [0.15, 0.2) is 0 Å². The maximum atomic E-state index is 4.13. The predicted octanol–water partition coefficient (Wildman–Crippen LogP) is 1.28. The van der Waals surface area contributed by atoms with Crippen LogP contribution < -0.4 is 0 Å². The number of hydrogen-bond acceptors (Lipinski definition) is 2. The molecule has 3 heteroatoms. The molecule has 0 saturated heterocycles. The molecule has 0 saturated carbocycles. The number of benzene rings is 1. The molecule has 2 rings (SSSR count). The second kappa shape index (κ2) is 2.77. The van der Waals surface area contributed by atoms with Crippen LogP contribution >= 0.6 is 0 Å². The summed E-state index contributed by atoms with van der Waals surface area (Å²) < 4.78 is 0. The Kier molecular flexibility index (Phi) is 1.63. The molecule has 59 valence electrons. The molecule has 1 aromatic carbocycles. The molecular weight excluding hydrogens is 150 g/mol. The van der Waals surface area contributed by atoms with Crippen molar-refractivity contribution in [1.82, 2.24) is 15.0 Å². The van der Waals surface area contributed by atoms with E-state index in [1.165, 1.54) is 4.80 Å². The number of aromatic nitrogens is 3. The average molecular weight is 158 g/mol. The monoisotopic (exact) mass is 158 g/mol. The fraction of sp³-hybridized carbons (Fsp3) is 0.111. The van der Waals surface area contributed by atoms with Gasteiger partial charge in [0.05, 0.1) is 0 Å². The van der Waals surface area contributed by atoms with Gasteiger partial charge in [-0.05, 0) is 0 Å². The minimum atomic E-state index is 0.790. The molecule has 0 N–H and O–H groups in total. The highest BCUT2D eigenvalue weighted by molar-refractivity contribution is 5.56. The zero-order valence-electron chi connectivity index (χ0n) is 6.73. The van der Waals surface area contributed by atoms with Crippen LogP contribution in [-0.2, 0) is 7.05 Å². The lowest BCUT2D eigenvalue weighted by molar-refractivity contribution is 0.654. The third-order valence-corrected chi connectivity index (χ3v) is 1.59. The number of hydrogen-bond donors (Lipinski definition) is 0. The van der Waals surface area contributed by atoms with Gasteiger partial charge in [-0.2, -0.15) is 15.0 Å². The van der Waals surface area contributed by atoms with Crippen LogP contribution in [0.25, 0.3) is 11.3 Å². The van der Waals surface area contributed by atoms with Crippen molar-refractivity contribution in [2.45, 2.75) is 0 Å². The number of nitrogens with zero attached hydrogens (tertiary/aromatic N) is 3. The van der Waals surface area contributed by atoms with Crippen molar-refractivity contribution in [1.29, 1.82) is 0 Å². The SMILES string of the molecule is Cn1n[c]c(-c2ccccc2)n1. The molecule has 12 heavy (non-hydrogen) atoms. The molecule has 0 unspecified atom stereocenters. The third kappa shape index (κ3) is 1.21. The predicted molar refractivity (Wildman–Crippen MR) is 45.3 cm³/mol. The van der Waals surface area contributed by atoms with E-state index in [2.05, 4.69) is 16.4 Å². The maximum absolute atomic E-state index is 4.13. The van der Waals surface area contributed by atoms with E-state index in [0.29, 0.717) is 0 Å². The van der Waals surface area contributed by atoms with Gasteiger partial charge < -0.3 is 0 Å². The van der Waals surface area contributed by atoms with Crippen molar-refractivity contribution in [3.63, 3.8) is 0 Å². The first-order chi connectivity index (χ1) is 5.86. The Bertz CT molecular complexity index is 364. The summed E-state index contributed by atoms with van der Waals surface area (Å²) in [5.74, 6) is 0. The number of aryl methyl sites for hydroxylation is 1. The van der Waals surface area contributed by atoms with Crippen molar-refractivity contribution >= 4 is 0 Å². The highest BCUT2D eigenvalue weighted by Crippen LogP contribution is 2.13. The molecule has 0 bridgehead atoms. The second-order valence-electron chi connectivity index (χ2n) is 2.52. The summed E-state index contributed by atoms with van der Waals surface area (Å²) in [6, 6.07) is 9.89. The van der Waals surface area contributed by atoms with Gasteiger partial charge in [-0.1, -0.05) is 30.3 Å². The Balaban J connectivity index is 2.45. The molecule has 1 aromatic heterocycles. The minimum absolute atomic E-state index is 0.790. The van der Waals surface area contributed by atoms with Crippen LogP contribution in [0.2, 0.25) is 0 Å². The quantitative estimate of drug-likeness (QED) is 0.626. The molecule has 0 atom stereocenters. The summed E-state index contributed by atoms with van der Waals surface area (Å²) in [7, 11) is 1.78. The fourth-order valence-corrected chi connectivity index (χ4v) is 1.03. The van der Waals surface area contributed by atoms with Crippen LogP contribution in [0.5, 0.6) is 0 Å². The largest absolute Gasteiger partial charge is 0.187 e. The van der Waals surface area contributed by atoms with Crippen molar-refractivity contribution < 1.29 is 0 Å². The topological polar surface area (TPSA) is 30.7 Å². The van der Waals surface area contributed by atoms with E-state index in [9.17, 15) is 0 Å². The lowest BCUT2D eigenvalue weighted by atomic mass is 10.2. The van der Waals surface area contributed by atoms with Gasteiger partial charge in [-0.25, -0.2) is 0 Å². The second-order valence-corrected chi connectivity index (χ2v) is 2.52. The van der Waals surface area contributed by atoms with E-state index < -0.39 is 0 Å². The molecule has 2 aromatic rings. The maximum Gasteiger partial charge on any atom is 0.143 e. The normalized spacial score (nSPS) is 10.1. The van der Waals surface area contributed by atoms with Crippen LogP contribution in [0.1, 0.15) is 0 Å². The molecule has 1 heterocycles. The first-order valence-electron chi connectivity index (χ1n) is 3.71. The molecule has 0 spiro atoms. The lowest BCUT2D eigenvalue weighted by Crippen LogP contribution is -1.91. The molecule has 1 radical (unpaired) electrons. The summed E-state index contributed by atoms with van der Waals surface area (Å²) in [5.41, 5.74) is 1.84. The minimum Gasteiger partial charge on any atom is -0.187 e. The highest BCUT2D eigenvalue weighted by Gasteiger charge is 1.99. The Morgan fingerprint density at radius 3 is 2.58 bits per heavy atom. The number of rotatable bonds is 1. The summed E-state index contributed by atoms with van der Waals surface area (Å²) in [5, 5.41) is 8.00. The molecule has 0 aliphatic carbocycles. The van der Waals surface area contributed by atoms with E-state index in [-0.39, 0.29) is 0 Å². The van der Waals surface area contributed by atoms with Crippen LogP contribution in [0.4, 0.5) is 0 Å². The van der Waals surface area contributed by atoms with Crippen molar-refractivity contribution in [2.75, 3.05) is 0 Å². The Labute approximate surface area is 70.6 Å². The Morgan fingerprint density at radius 1 is 1.25 bits per heavy atom. The Hall–Kier alpha value is -1.64. The van der Waals surface area contributed by atoms with Gasteiger partial charge in [0.1, 0.15) is 11.9 Å². The van der Waals surface area contributed by atoms with E-state index in [4.69, 9.17) is 0 Å². The third-order valence-electron chi connectivity index (χ3n) is 1.59. The molecule has 0 amide bonds. The molecule has 0 aliphatic heterocycles. The fourth-order valence-electron chi connectivity index (χ4n) is 1.03. The van der Waals surface area contributed by atoms with Crippen LogP contribution in [-0.4, -0.2) is 15.0 Å². The van der Waals surface area contributed by atoms with Gasteiger partial charge in [0.25, 0.3) is 0 Å². The first kappa shape index (κ1) is 7.03. The van der Waals surface area contributed by atoms with E-state index in [1.807, 2.05) is 30.3 Å². The zero-order valence-corrected chi connectivity index (χ0v) is 6.73. The highest BCUT2D eigenvalue weighted by atomic mass is 15.4. The smallest absolute Gasteiger partial charge is 0.143 e. The van der Waals surface area contributed by atoms with Gasteiger partial charge in [0.2, 0.25) is 0 Å². The van der Waals surface area contributed by atoms with Gasteiger partial charge in [-0.15, -0.1) is 0 Å². The lowest BCUT2D eigenvalue weighted by Gasteiger charge is -1.91. The average Bonchev–Trinajstić information content (AvgIpc) is 2.54. The van der Waals surface area contributed by atoms with Crippen molar-refractivity contribution in [3.8, 4) is 11.3 Å². The Morgan fingerprint density at radius 2 is 2.00 bits per heavy atom. The summed E-state index contributed by atoms with van der Waals surface area (Å²) >= 11 is 0.